The van der Waals surface area contributed by atoms with E-state index in [0.29, 0.717) is 12.1 Å². The zero-order chi connectivity index (χ0) is 9.71. The normalized spacial score (nSPS) is 29.1. The molecule has 4 heteroatoms. The van der Waals surface area contributed by atoms with E-state index in [1.165, 1.54) is 6.07 Å². The molecule has 3 nitrogen and oxygen atoms in total. The van der Waals surface area contributed by atoms with Crippen LogP contribution in [0, 0.1) is 12.9 Å². The van der Waals surface area contributed by atoms with Crippen LogP contribution < -0.4 is 4.90 Å². The summed E-state index contributed by atoms with van der Waals surface area (Å²) in [6.07, 6.45) is 0.361. The Morgan fingerprint density at radius 2 is 2.43 bits per heavy atom. The van der Waals surface area contributed by atoms with Crippen LogP contribution in [0.3, 0.4) is 0 Å². The second-order valence-electron chi connectivity index (χ2n) is 3.87. The van der Waals surface area contributed by atoms with Gasteiger partial charge in [0.1, 0.15) is 5.82 Å². The Morgan fingerprint density at radius 1 is 1.57 bits per heavy atom. The van der Waals surface area contributed by atoms with Crippen molar-refractivity contribution in [2.24, 2.45) is 0 Å². The SMILES string of the molecule is Cc1ccc(F)nc1N1CC2OC[C@H]21. The van der Waals surface area contributed by atoms with Crippen molar-refractivity contribution in [3.8, 4) is 0 Å². The highest BCUT2D eigenvalue weighted by molar-refractivity contribution is 5.51. The lowest BCUT2D eigenvalue weighted by Gasteiger charge is -2.55. The number of aryl methyl sites for hydroxylation is 1. The lowest BCUT2D eigenvalue weighted by Crippen LogP contribution is -2.71. The summed E-state index contributed by atoms with van der Waals surface area (Å²) in [6, 6.07) is 3.60. The lowest BCUT2D eigenvalue weighted by molar-refractivity contribution is -0.113. The topological polar surface area (TPSA) is 25.4 Å². The largest absolute Gasteiger partial charge is 0.372 e. The Bertz CT molecular complexity index is 382. The molecular weight excluding hydrogens is 183 g/mol. The molecule has 1 unspecified atom stereocenters. The van der Waals surface area contributed by atoms with Crippen LogP contribution in [0.1, 0.15) is 5.56 Å². The van der Waals surface area contributed by atoms with Gasteiger partial charge in [0, 0.05) is 6.54 Å². The fourth-order valence-corrected chi connectivity index (χ4v) is 2.00. The third-order valence-electron chi connectivity index (χ3n) is 3.00. The molecule has 0 saturated carbocycles. The number of rotatable bonds is 1. The molecule has 2 saturated heterocycles. The van der Waals surface area contributed by atoms with Gasteiger partial charge in [0.25, 0.3) is 0 Å². The molecule has 0 N–H and O–H groups in total. The number of hydrogen-bond donors (Lipinski definition) is 0. The van der Waals surface area contributed by atoms with E-state index in [2.05, 4.69) is 9.88 Å². The van der Waals surface area contributed by atoms with Gasteiger partial charge in [0.05, 0.1) is 18.8 Å². The summed E-state index contributed by atoms with van der Waals surface area (Å²) < 4.78 is 18.2. The fraction of sp³-hybridized carbons (Fsp3) is 0.500. The maximum absolute atomic E-state index is 12.9. The number of aromatic nitrogens is 1. The molecule has 74 valence electrons. The minimum Gasteiger partial charge on any atom is -0.372 e. The van der Waals surface area contributed by atoms with Gasteiger partial charge in [0.15, 0.2) is 0 Å². The fourth-order valence-electron chi connectivity index (χ4n) is 2.00. The van der Waals surface area contributed by atoms with Crippen molar-refractivity contribution < 1.29 is 9.13 Å². The van der Waals surface area contributed by atoms with Crippen LogP contribution in [0.15, 0.2) is 12.1 Å². The predicted molar refractivity (Wildman–Crippen MR) is 49.8 cm³/mol. The van der Waals surface area contributed by atoms with Crippen molar-refractivity contribution in [3.63, 3.8) is 0 Å². The average molecular weight is 194 g/mol. The van der Waals surface area contributed by atoms with Gasteiger partial charge >= 0.3 is 0 Å². The number of fused-ring (bicyclic) bond motifs is 1. The molecule has 3 rings (SSSR count). The maximum atomic E-state index is 12.9. The van der Waals surface area contributed by atoms with Gasteiger partial charge in [-0.1, -0.05) is 6.07 Å². The number of halogens is 1. The van der Waals surface area contributed by atoms with Gasteiger partial charge in [0.2, 0.25) is 5.95 Å². The number of ether oxygens (including phenoxy) is 1. The van der Waals surface area contributed by atoms with Gasteiger partial charge in [-0.15, -0.1) is 0 Å². The molecule has 2 atom stereocenters. The average Bonchev–Trinajstić information content (AvgIpc) is 2.14. The van der Waals surface area contributed by atoms with E-state index in [1.807, 2.05) is 6.92 Å². The first-order valence-corrected chi connectivity index (χ1v) is 4.77. The predicted octanol–water partition coefficient (Wildman–Crippen LogP) is 1.12. The van der Waals surface area contributed by atoms with Crippen LogP contribution in [-0.2, 0) is 4.74 Å². The van der Waals surface area contributed by atoms with Crippen LogP contribution in [0.2, 0.25) is 0 Å². The number of hydrogen-bond acceptors (Lipinski definition) is 3. The van der Waals surface area contributed by atoms with Crippen LogP contribution in [0.5, 0.6) is 0 Å². The third kappa shape index (κ3) is 0.973. The molecule has 0 spiro atoms. The van der Waals surface area contributed by atoms with Crippen LogP contribution in [0.4, 0.5) is 10.2 Å². The van der Waals surface area contributed by atoms with E-state index in [-0.39, 0.29) is 0 Å². The van der Waals surface area contributed by atoms with E-state index in [4.69, 9.17) is 4.74 Å². The molecule has 14 heavy (non-hydrogen) atoms. The third-order valence-corrected chi connectivity index (χ3v) is 3.00. The van der Waals surface area contributed by atoms with Crippen molar-refractivity contribution in [2.75, 3.05) is 18.1 Å². The second-order valence-corrected chi connectivity index (χ2v) is 3.87. The van der Waals surface area contributed by atoms with Crippen molar-refractivity contribution in [3.05, 3.63) is 23.6 Å². The Labute approximate surface area is 81.5 Å². The van der Waals surface area contributed by atoms with Crippen molar-refractivity contribution in [2.45, 2.75) is 19.1 Å². The van der Waals surface area contributed by atoms with Crippen molar-refractivity contribution in [1.29, 1.82) is 0 Å². The van der Waals surface area contributed by atoms with Gasteiger partial charge in [-0.2, -0.15) is 4.39 Å². The first-order valence-electron chi connectivity index (χ1n) is 4.77. The number of pyridine rings is 1. The summed E-state index contributed by atoms with van der Waals surface area (Å²) in [5.74, 6) is 0.365. The summed E-state index contributed by atoms with van der Waals surface area (Å²) in [6.45, 7) is 3.55. The summed E-state index contributed by atoms with van der Waals surface area (Å²) in [4.78, 5) is 6.03. The number of nitrogens with zero attached hydrogens (tertiary/aromatic N) is 2. The summed E-state index contributed by atoms with van der Waals surface area (Å²) in [5, 5.41) is 0. The van der Waals surface area contributed by atoms with Gasteiger partial charge in [-0.3, -0.25) is 0 Å². The molecule has 1 aromatic heterocycles. The molecule has 0 radical (unpaired) electrons. The highest BCUT2D eigenvalue weighted by Gasteiger charge is 2.48. The Kier molecular flexibility index (Phi) is 1.56. The molecule has 3 heterocycles. The minimum absolute atomic E-state index is 0.361. The number of anilines is 1. The zero-order valence-electron chi connectivity index (χ0n) is 7.90. The summed E-state index contributed by atoms with van der Waals surface area (Å²) in [7, 11) is 0. The highest BCUT2D eigenvalue weighted by atomic mass is 19.1. The molecule has 2 fully saturated rings. The molecule has 0 amide bonds. The minimum atomic E-state index is -0.408. The van der Waals surface area contributed by atoms with E-state index in [0.717, 1.165) is 24.5 Å². The second kappa shape index (κ2) is 2.67. The van der Waals surface area contributed by atoms with Crippen LogP contribution >= 0.6 is 0 Å². The first kappa shape index (κ1) is 8.17. The van der Waals surface area contributed by atoms with Gasteiger partial charge in [-0.25, -0.2) is 4.98 Å². The maximum Gasteiger partial charge on any atom is 0.214 e. The van der Waals surface area contributed by atoms with E-state index >= 15 is 0 Å². The molecule has 1 aromatic rings. The molecule has 0 aliphatic carbocycles. The standard InChI is InChI=1S/C10H11FN2O/c1-6-2-3-9(11)12-10(6)13-4-8-7(13)5-14-8/h2-3,7-8H,4-5H2,1H3/t7-,8?/m1/s1. The van der Waals surface area contributed by atoms with E-state index in [1.54, 1.807) is 6.07 Å². The molecule has 0 aromatic carbocycles. The number of morpholine rings is 1. The molecule has 0 bridgehead atoms. The lowest BCUT2D eigenvalue weighted by atomic mass is 9.94. The molecule has 2 aliphatic rings. The van der Waals surface area contributed by atoms with E-state index in [9.17, 15) is 4.39 Å². The van der Waals surface area contributed by atoms with Crippen LogP contribution in [0.25, 0.3) is 0 Å². The Hall–Kier alpha value is -1.16. The van der Waals surface area contributed by atoms with Gasteiger partial charge < -0.3 is 9.64 Å². The quantitative estimate of drug-likeness (QED) is 0.626. The molecule has 2 aliphatic heterocycles. The highest BCUT2D eigenvalue weighted by Crippen LogP contribution is 2.35. The Balaban J connectivity index is 1.92. The Morgan fingerprint density at radius 3 is 3.00 bits per heavy atom. The van der Waals surface area contributed by atoms with Crippen LogP contribution in [-0.4, -0.2) is 30.3 Å². The van der Waals surface area contributed by atoms with Gasteiger partial charge in [-0.05, 0) is 18.6 Å². The first-order chi connectivity index (χ1) is 6.75. The van der Waals surface area contributed by atoms with Crippen molar-refractivity contribution >= 4 is 5.82 Å². The molecular formula is C10H11FN2O. The summed E-state index contributed by atoms with van der Waals surface area (Å²) in [5.41, 5.74) is 1.02. The monoisotopic (exact) mass is 194 g/mol. The zero-order valence-corrected chi connectivity index (χ0v) is 7.90. The smallest absolute Gasteiger partial charge is 0.214 e. The summed E-state index contributed by atoms with van der Waals surface area (Å²) >= 11 is 0. The van der Waals surface area contributed by atoms with Crippen molar-refractivity contribution in [1.82, 2.24) is 4.98 Å². The van der Waals surface area contributed by atoms with E-state index < -0.39 is 5.95 Å².